The van der Waals surface area contributed by atoms with Crippen LogP contribution in [0.15, 0.2) is 0 Å². The molecule has 0 aliphatic carbocycles. The molecule has 13 heavy (non-hydrogen) atoms. The van der Waals surface area contributed by atoms with Crippen molar-refractivity contribution in [1.29, 1.82) is 0 Å². The van der Waals surface area contributed by atoms with Gasteiger partial charge in [-0.15, -0.1) is 0 Å². The minimum Gasteiger partial charge on any atom is -0.383 e. The van der Waals surface area contributed by atoms with Crippen LogP contribution in [0.1, 0.15) is 19.3 Å². The quantitative estimate of drug-likeness (QED) is 0.603. The van der Waals surface area contributed by atoms with Crippen LogP contribution in [0.25, 0.3) is 0 Å². The fourth-order valence-electron chi connectivity index (χ4n) is 2.93. The van der Waals surface area contributed by atoms with Crippen LogP contribution in [0.2, 0.25) is 0 Å². The van der Waals surface area contributed by atoms with Gasteiger partial charge in [-0.3, -0.25) is 4.90 Å². The van der Waals surface area contributed by atoms with Gasteiger partial charge in [0.15, 0.2) is 0 Å². The first-order chi connectivity index (χ1) is 6.30. The van der Waals surface area contributed by atoms with Crippen molar-refractivity contribution in [3.63, 3.8) is 0 Å². The van der Waals surface area contributed by atoms with Crippen LogP contribution in [0.3, 0.4) is 0 Å². The molecule has 0 unspecified atom stereocenters. The molecule has 2 aliphatic rings. The zero-order valence-electron chi connectivity index (χ0n) is 8.16. The highest BCUT2D eigenvalue weighted by molar-refractivity contribution is 5.55. The Hall–Kier alpha value is -0.410. The number of carbonyl (C=O) groups excluding carboxylic acids is 1. The Kier molecular flexibility index (Phi) is 2.39. The average Bonchev–Trinajstić information content (AvgIpc) is 2.60. The molecule has 2 fully saturated rings. The fourth-order valence-corrected chi connectivity index (χ4v) is 2.93. The van der Waals surface area contributed by atoms with E-state index < -0.39 is 0 Å². The second-order valence-electron chi connectivity index (χ2n) is 4.31. The largest absolute Gasteiger partial charge is 0.383 e. The number of rotatable bonds is 3. The van der Waals surface area contributed by atoms with E-state index in [-0.39, 0.29) is 11.5 Å². The highest BCUT2D eigenvalue weighted by atomic mass is 16.5. The minimum absolute atomic E-state index is 0.209. The van der Waals surface area contributed by atoms with E-state index in [1.807, 2.05) is 0 Å². The molecule has 3 nitrogen and oxygen atoms in total. The Morgan fingerprint density at radius 3 is 3.23 bits per heavy atom. The van der Waals surface area contributed by atoms with Crippen molar-refractivity contribution in [3.8, 4) is 0 Å². The van der Waals surface area contributed by atoms with Crippen molar-refractivity contribution < 1.29 is 9.53 Å². The van der Waals surface area contributed by atoms with Crippen LogP contribution in [-0.4, -0.2) is 43.5 Å². The normalized spacial score (nSPS) is 39.3. The summed E-state index contributed by atoms with van der Waals surface area (Å²) in [5.74, 6) is 0.246. The van der Waals surface area contributed by atoms with Gasteiger partial charge in [-0.2, -0.15) is 0 Å². The lowest BCUT2D eigenvalue weighted by Crippen LogP contribution is -2.42. The monoisotopic (exact) mass is 183 g/mol. The van der Waals surface area contributed by atoms with Gasteiger partial charge in [0.2, 0.25) is 0 Å². The summed E-state index contributed by atoms with van der Waals surface area (Å²) in [5, 5.41) is 0. The zero-order valence-corrected chi connectivity index (χ0v) is 8.16. The van der Waals surface area contributed by atoms with E-state index in [1.165, 1.54) is 12.8 Å². The topological polar surface area (TPSA) is 29.5 Å². The van der Waals surface area contributed by atoms with Gasteiger partial charge in [-0.1, -0.05) is 0 Å². The number of carbonyl (C=O) groups is 1. The Bertz CT molecular complexity index is 207. The molecule has 2 aliphatic heterocycles. The van der Waals surface area contributed by atoms with Crippen molar-refractivity contribution in [3.05, 3.63) is 0 Å². The SMILES string of the molecule is COC[C@]12CCCN1C[C@@H](C=O)C2. The molecule has 2 rings (SSSR count). The first kappa shape index (κ1) is 9.16. The van der Waals surface area contributed by atoms with Crippen molar-refractivity contribution in [2.45, 2.75) is 24.8 Å². The molecule has 3 heteroatoms. The van der Waals surface area contributed by atoms with Gasteiger partial charge in [0, 0.05) is 25.1 Å². The molecule has 74 valence electrons. The third-order valence-electron chi connectivity index (χ3n) is 3.44. The minimum atomic E-state index is 0.209. The second-order valence-corrected chi connectivity index (χ2v) is 4.31. The van der Waals surface area contributed by atoms with Crippen LogP contribution < -0.4 is 0 Å². The van der Waals surface area contributed by atoms with E-state index in [1.54, 1.807) is 7.11 Å². The van der Waals surface area contributed by atoms with Crippen LogP contribution in [-0.2, 0) is 9.53 Å². The highest BCUT2D eigenvalue weighted by Gasteiger charge is 2.48. The van der Waals surface area contributed by atoms with Crippen molar-refractivity contribution in [2.24, 2.45) is 5.92 Å². The van der Waals surface area contributed by atoms with Gasteiger partial charge >= 0.3 is 0 Å². The molecule has 0 bridgehead atoms. The van der Waals surface area contributed by atoms with Gasteiger partial charge in [0.05, 0.1) is 6.61 Å². The first-order valence-electron chi connectivity index (χ1n) is 5.00. The van der Waals surface area contributed by atoms with E-state index >= 15 is 0 Å². The number of ether oxygens (including phenoxy) is 1. The number of hydrogen-bond donors (Lipinski definition) is 0. The van der Waals surface area contributed by atoms with E-state index in [2.05, 4.69) is 4.90 Å². The summed E-state index contributed by atoms with van der Waals surface area (Å²) in [4.78, 5) is 13.2. The van der Waals surface area contributed by atoms with Crippen molar-refractivity contribution in [1.82, 2.24) is 4.90 Å². The summed E-state index contributed by atoms with van der Waals surface area (Å²) in [5.41, 5.74) is 0.209. The highest BCUT2D eigenvalue weighted by Crippen LogP contribution is 2.40. The molecule has 0 aromatic heterocycles. The van der Waals surface area contributed by atoms with Crippen LogP contribution in [0.4, 0.5) is 0 Å². The van der Waals surface area contributed by atoms with Gasteiger partial charge in [0.25, 0.3) is 0 Å². The molecule has 0 aromatic rings. The van der Waals surface area contributed by atoms with Gasteiger partial charge in [-0.05, 0) is 25.8 Å². The van der Waals surface area contributed by atoms with E-state index in [4.69, 9.17) is 4.74 Å². The predicted molar refractivity (Wildman–Crippen MR) is 49.6 cm³/mol. The summed E-state index contributed by atoms with van der Waals surface area (Å²) < 4.78 is 5.27. The van der Waals surface area contributed by atoms with Crippen molar-refractivity contribution in [2.75, 3.05) is 26.8 Å². The predicted octanol–water partition coefficient (Wildman–Crippen LogP) is 0.686. The fraction of sp³-hybridized carbons (Fsp3) is 0.900. The van der Waals surface area contributed by atoms with Gasteiger partial charge in [-0.25, -0.2) is 0 Å². The molecule has 0 spiro atoms. The maximum Gasteiger partial charge on any atom is 0.124 e. The Labute approximate surface area is 79.0 Å². The maximum atomic E-state index is 10.7. The molecular weight excluding hydrogens is 166 g/mol. The summed E-state index contributed by atoms with van der Waals surface area (Å²) in [6.45, 7) is 2.89. The first-order valence-corrected chi connectivity index (χ1v) is 5.00. The summed E-state index contributed by atoms with van der Waals surface area (Å²) >= 11 is 0. The summed E-state index contributed by atoms with van der Waals surface area (Å²) in [7, 11) is 1.75. The second kappa shape index (κ2) is 3.39. The lowest BCUT2D eigenvalue weighted by Gasteiger charge is -2.30. The number of fused-ring (bicyclic) bond motifs is 1. The average molecular weight is 183 g/mol. The molecule has 0 saturated carbocycles. The maximum absolute atomic E-state index is 10.7. The van der Waals surface area contributed by atoms with E-state index in [0.29, 0.717) is 0 Å². The third-order valence-corrected chi connectivity index (χ3v) is 3.44. The number of hydrogen-bond acceptors (Lipinski definition) is 3. The number of methoxy groups -OCH3 is 1. The lowest BCUT2D eigenvalue weighted by atomic mass is 9.91. The summed E-state index contributed by atoms with van der Waals surface area (Å²) in [6.07, 6.45) is 4.57. The van der Waals surface area contributed by atoms with Crippen LogP contribution in [0, 0.1) is 5.92 Å². The number of nitrogens with zero attached hydrogens (tertiary/aromatic N) is 1. The van der Waals surface area contributed by atoms with E-state index in [0.717, 1.165) is 32.4 Å². The summed E-state index contributed by atoms with van der Waals surface area (Å²) in [6, 6.07) is 0. The smallest absolute Gasteiger partial charge is 0.124 e. The molecule has 0 N–H and O–H groups in total. The van der Waals surface area contributed by atoms with Crippen LogP contribution in [0.5, 0.6) is 0 Å². The number of aldehydes is 1. The van der Waals surface area contributed by atoms with Gasteiger partial charge < -0.3 is 9.53 Å². The Balaban J connectivity index is 2.10. The molecular formula is C10H17NO2. The Morgan fingerprint density at radius 2 is 2.54 bits per heavy atom. The van der Waals surface area contributed by atoms with Crippen molar-refractivity contribution >= 4 is 6.29 Å². The molecule has 2 atom stereocenters. The molecule has 2 saturated heterocycles. The van der Waals surface area contributed by atoms with Gasteiger partial charge in [0.1, 0.15) is 6.29 Å². The zero-order chi connectivity index (χ0) is 9.31. The molecule has 0 amide bonds. The lowest BCUT2D eigenvalue weighted by molar-refractivity contribution is -0.110. The van der Waals surface area contributed by atoms with E-state index in [9.17, 15) is 4.79 Å². The molecule has 0 aromatic carbocycles. The standard InChI is InChI=1S/C10H17NO2/c1-13-8-10-3-2-4-11(10)6-9(5-10)7-12/h7,9H,2-6,8H2,1H3/t9-,10+/m0/s1. The molecule has 2 heterocycles. The Morgan fingerprint density at radius 1 is 1.69 bits per heavy atom. The molecule has 0 radical (unpaired) electrons. The van der Waals surface area contributed by atoms with Crippen LogP contribution >= 0.6 is 0 Å². The third kappa shape index (κ3) is 1.40.